The van der Waals surface area contributed by atoms with Crippen LogP contribution >= 0.6 is 11.3 Å². The van der Waals surface area contributed by atoms with Gasteiger partial charge in [-0.05, 0) is 23.6 Å². The van der Waals surface area contributed by atoms with Gasteiger partial charge >= 0.3 is 0 Å². The topological polar surface area (TPSA) is 39.2 Å². The van der Waals surface area contributed by atoms with E-state index in [1.54, 1.807) is 25.6 Å². The van der Waals surface area contributed by atoms with Crippen LogP contribution in [0.5, 0.6) is 5.75 Å². The largest absolute Gasteiger partial charge is 0.495 e. The summed E-state index contributed by atoms with van der Waals surface area (Å²) >= 11 is 1.50. The van der Waals surface area contributed by atoms with E-state index in [-0.39, 0.29) is 5.78 Å². The number of thiophene rings is 1. The maximum Gasteiger partial charge on any atom is 0.204 e. The maximum atomic E-state index is 12.4. The highest BCUT2D eigenvalue weighted by Crippen LogP contribution is 2.27. The van der Waals surface area contributed by atoms with Crippen LogP contribution < -0.4 is 4.74 Å². The summed E-state index contributed by atoms with van der Waals surface area (Å²) in [7, 11) is 1.56. The summed E-state index contributed by atoms with van der Waals surface area (Å²) in [6.45, 7) is 0. The molecule has 4 heteroatoms. The number of nitrogens with zero attached hydrogens (tertiary/aromatic N) is 1. The van der Waals surface area contributed by atoms with Crippen LogP contribution in [0.1, 0.15) is 15.2 Å². The van der Waals surface area contributed by atoms with E-state index in [0.29, 0.717) is 11.3 Å². The van der Waals surface area contributed by atoms with Gasteiger partial charge in [0.25, 0.3) is 0 Å². The lowest BCUT2D eigenvalue weighted by atomic mass is 10.1. The van der Waals surface area contributed by atoms with Crippen molar-refractivity contribution >= 4 is 27.2 Å². The van der Waals surface area contributed by atoms with E-state index >= 15 is 0 Å². The molecule has 0 unspecified atom stereocenters. The monoisotopic (exact) mass is 269 g/mol. The van der Waals surface area contributed by atoms with Crippen LogP contribution in [0.2, 0.25) is 0 Å². The Balaban J connectivity index is 2.02. The Bertz CT molecular complexity index is 715. The fourth-order valence-electron chi connectivity index (χ4n) is 1.89. The van der Waals surface area contributed by atoms with E-state index in [0.717, 1.165) is 15.0 Å². The molecular weight excluding hydrogens is 258 g/mol. The second-order valence-electron chi connectivity index (χ2n) is 4.09. The standard InChI is InChI=1S/C15H11NO2S/c1-18-12-6-11(8-16-9-12)15(17)14-7-10-4-2-3-5-13(10)19-14/h2-9H,1H3. The van der Waals surface area contributed by atoms with Crippen molar-refractivity contribution in [3.05, 3.63) is 59.2 Å². The van der Waals surface area contributed by atoms with Crippen LogP contribution in [0.4, 0.5) is 0 Å². The fraction of sp³-hybridized carbons (Fsp3) is 0.0667. The van der Waals surface area contributed by atoms with Crippen molar-refractivity contribution in [2.45, 2.75) is 0 Å². The van der Waals surface area contributed by atoms with Crippen LogP contribution in [0, 0.1) is 0 Å². The average molecular weight is 269 g/mol. The summed E-state index contributed by atoms with van der Waals surface area (Å²) < 4.78 is 6.20. The molecule has 0 N–H and O–H groups in total. The Morgan fingerprint density at radius 3 is 2.84 bits per heavy atom. The molecule has 0 saturated heterocycles. The second kappa shape index (κ2) is 4.82. The summed E-state index contributed by atoms with van der Waals surface area (Å²) in [6.07, 6.45) is 3.15. The van der Waals surface area contributed by atoms with Gasteiger partial charge in [0.2, 0.25) is 5.78 Å². The summed E-state index contributed by atoms with van der Waals surface area (Å²) in [5, 5.41) is 1.09. The molecule has 3 rings (SSSR count). The number of hydrogen-bond acceptors (Lipinski definition) is 4. The molecule has 0 atom stereocenters. The van der Waals surface area contributed by atoms with Gasteiger partial charge in [0, 0.05) is 16.5 Å². The predicted octanol–water partition coefficient (Wildman–Crippen LogP) is 3.54. The van der Waals surface area contributed by atoms with E-state index in [2.05, 4.69) is 4.98 Å². The lowest BCUT2D eigenvalue weighted by Gasteiger charge is -2.01. The smallest absolute Gasteiger partial charge is 0.204 e. The number of rotatable bonds is 3. The molecule has 19 heavy (non-hydrogen) atoms. The van der Waals surface area contributed by atoms with Crippen LogP contribution in [0.3, 0.4) is 0 Å². The average Bonchev–Trinajstić information content (AvgIpc) is 2.90. The SMILES string of the molecule is COc1cncc(C(=O)c2cc3ccccc3s2)c1. The van der Waals surface area contributed by atoms with E-state index in [9.17, 15) is 4.79 Å². The first-order valence-corrected chi connectivity index (χ1v) is 6.62. The molecule has 0 spiro atoms. The molecule has 0 saturated carbocycles. The molecular formula is C15H11NO2S. The first kappa shape index (κ1) is 11.9. The van der Waals surface area contributed by atoms with E-state index in [1.165, 1.54) is 11.3 Å². The van der Waals surface area contributed by atoms with Gasteiger partial charge in [-0.15, -0.1) is 11.3 Å². The molecule has 0 aliphatic rings. The number of carbonyl (C=O) groups excluding carboxylic acids is 1. The van der Waals surface area contributed by atoms with Crippen molar-refractivity contribution in [2.24, 2.45) is 0 Å². The zero-order chi connectivity index (χ0) is 13.2. The maximum absolute atomic E-state index is 12.4. The van der Waals surface area contributed by atoms with Crippen LogP contribution in [0.15, 0.2) is 48.8 Å². The quantitative estimate of drug-likeness (QED) is 0.683. The molecule has 0 radical (unpaired) electrons. The first-order chi connectivity index (χ1) is 9.28. The van der Waals surface area contributed by atoms with Crippen molar-refractivity contribution in [1.29, 1.82) is 0 Å². The lowest BCUT2D eigenvalue weighted by Crippen LogP contribution is -1.99. The molecule has 2 heterocycles. The third-order valence-electron chi connectivity index (χ3n) is 2.86. The Morgan fingerprint density at radius 2 is 2.05 bits per heavy atom. The summed E-state index contributed by atoms with van der Waals surface area (Å²) in [5.41, 5.74) is 0.547. The highest BCUT2D eigenvalue weighted by molar-refractivity contribution is 7.21. The number of aromatic nitrogens is 1. The van der Waals surface area contributed by atoms with Crippen molar-refractivity contribution in [2.75, 3.05) is 7.11 Å². The fourth-order valence-corrected chi connectivity index (χ4v) is 2.92. The van der Waals surface area contributed by atoms with Gasteiger partial charge in [0.1, 0.15) is 5.75 Å². The molecule has 2 aromatic heterocycles. The van der Waals surface area contributed by atoms with Crippen molar-refractivity contribution < 1.29 is 9.53 Å². The third-order valence-corrected chi connectivity index (χ3v) is 3.98. The van der Waals surface area contributed by atoms with E-state index in [4.69, 9.17) is 4.74 Å². The molecule has 0 bridgehead atoms. The Kier molecular flexibility index (Phi) is 3.01. The van der Waals surface area contributed by atoms with Gasteiger partial charge in [-0.2, -0.15) is 0 Å². The van der Waals surface area contributed by atoms with E-state index < -0.39 is 0 Å². The zero-order valence-electron chi connectivity index (χ0n) is 10.3. The summed E-state index contributed by atoms with van der Waals surface area (Å²) in [4.78, 5) is 17.1. The summed E-state index contributed by atoms with van der Waals surface area (Å²) in [5.74, 6) is 0.569. The first-order valence-electron chi connectivity index (χ1n) is 5.80. The Labute approximate surface area is 114 Å². The molecule has 0 amide bonds. The third kappa shape index (κ3) is 2.22. The molecule has 0 aliphatic carbocycles. The number of benzene rings is 1. The molecule has 94 valence electrons. The number of ether oxygens (including phenoxy) is 1. The highest BCUT2D eigenvalue weighted by Gasteiger charge is 2.13. The van der Waals surface area contributed by atoms with Crippen molar-refractivity contribution in [3.8, 4) is 5.75 Å². The predicted molar refractivity (Wildman–Crippen MR) is 76.0 cm³/mol. The highest BCUT2D eigenvalue weighted by atomic mass is 32.1. The van der Waals surface area contributed by atoms with Gasteiger partial charge in [-0.3, -0.25) is 9.78 Å². The number of fused-ring (bicyclic) bond motifs is 1. The number of carbonyl (C=O) groups is 1. The number of ketones is 1. The molecule has 0 fully saturated rings. The lowest BCUT2D eigenvalue weighted by molar-refractivity contribution is 0.104. The van der Waals surface area contributed by atoms with Crippen LogP contribution in [0.25, 0.3) is 10.1 Å². The molecule has 3 aromatic rings. The molecule has 3 nitrogen and oxygen atoms in total. The minimum Gasteiger partial charge on any atom is -0.495 e. The number of methoxy groups -OCH3 is 1. The van der Waals surface area contributed by atoms with Gasteiger partial charge in [0.15, 0.2) is 0 Å². The van der Waals surface area contributed by atoms with Crippen LogP contribution in [-0.2, 0) is 0 Å². The minimum absolute atomic E-state index is 0.0207. The zero-order valence-corrected chi connectivity index (χ0v) is 11.1. The van der Waals surface area contributed by atoms with Crippen molar-refractivity contribution in [3.63, 3.8) is 0 Å². The Morgan fingerprint density at radius 1 is 1.21 bits per heavy atom. The van der Waals surface area contributed by atoms with Crippen LogP contribution in [-0.4, -0.2) is 17.9 Å². The molecule has 1 aromatic carbocycles. The normalized spacial score (nSPS) is 10.6. The van der Waals surface area contributed by atoms with Crippen molar-refractivity contribution in [1.82, 2.24) is 4.98 Å². The number of hydrogen-bond donors (Lipinski definition) is 0. The minimum atomic E-state index is -0.0207. The Hall–Kier alpha value is -2.20. The number of pyridine rings is 1. The van der Waals surface area contributed by atoms with Gasteiger partial charge in [-0.1, -0.05) is 18.2 Å². The second-order valence-corrected chi connectivity index (χ2v) is 5.17. The molecule has 0 aliphatic heterocycles. The summed E-state index contributed by atoms with van der Waals surface area (Å²) in [6, 6.07) is 11.6. The van der Waals surface area contributed by atoms with Gasteiger partial charge in [0.05, 0.1) is 18.2 Å². The van der Waals surface area contributed by atoms with Gasteiger partial charge in [-0.25, -0.2) is 0 Å². The van der Waals surface area contributed by atoms with E-state index in [1.807, 2.05) is 30.3 Å². The van der Waals surface area contributed by atoms with Gasteiger partial charge < -0.3 is 4.74 Å².